The molecule has 0 spiro atoms. The number of aromatic nitrogens is 1. The number of carbonyl (C=O) groups excluding carboxylic acids is 1. The number of hydrogen-bond acceptors (Lipinski definition) is 6. The number of pyridine rings is 1. The number of nitrogens with zero attached hydrogens (tertiary/aromatic N) is 2. The summed E-state index contributed by atoms with van der Waals surface area (Å²) >= 11 is 3.36. The Bertz CT molecular complexity index is 915. The van der Waals surface area contributed by atoms with Crippen molar-refractivity contribution in [2.45, 2.75) is 0 Å². The van der Waals surface area contributed by atoms with Crippen molar-refractivity contribution >= 4 is 31.9 Å². The number of morpholine rings is 1. The van der Waals surface area contributed by atoms with Gasteiger partial charge >= 0.3 is 0 Å². The second-order valence-corrected chi connectivity index (χ2v) is 9.03. The lowest BCUT2D eigenvalue weighted by Crippen LogP contribution is -2.43. The third-order valence-electron chi connectivity index (χ3n) is 4.03. The highest BCUT2D eigenvalue weighted by molar-refractivity contribution is 9.10. The van der Waals surface area contributed by atoms with Crippen molar-refractivity contribution in [3.05, 3.63) is 52.6 Å². The summed E-state index contributed by atoms with van der Waals surface area (Å²) in [7, 11) is -3.41. The summed E-state index contributed by atoms with van der Waals surface area (Å²) in [6, 6.07) is 10.5. The molecule has 1 aromatic heterocycles. The molecule has 28 heavy (non-hydrogen) atoms. The first-order valence-electron chi connectivity index (χ1n) is 8.67. The number of amides is 1. The maximum Gasteiger partial charge on any atom is 0.252 e. The first-order chi connectivity index (χ1) is 13.4. The van der Waals surface area contributed by atoms with E-state index in [-0.39, 0.29) is 12.3 Å². The Morgan fingerprint density at radius 1 is 1.25 bits per heavy atom. The molecule has 0 saturated carbocycles. The van der Waals surface area contributed by atoms with Gasteiger partial charge in [-0.25, -0.2) is 13.4 Å². The van der Waals surface area contributed by atoms with E-state index in [4.69, 9.17) is 9.47 Å². The van der Waals surface area contributed by atoms with Crippen LogP contribution in [-0.4, -0.2) is 62.2 Å². The van der Waals surface area contributed by atoms with Crippen LogP contribution in [0.2, 0.25) is 0 Å². The molecule has 1 fully saturated rings. The molecule has 2 heterocycles. The highest BCUT2D eigenvalue weighted by atomic mass is 79.9. The topological polar surface area (TPSA) is 97.8 Å². The van der Waals surface area contributed by atoms with Gasteiger partial charge in [0.2, 0.25) is 15.9 Å². The molecule has 0 bridgehead atoms. The average Bonchev–Trinajstić information content (AvgIpc) is 2.69. The lowest BCUT2D eigenvalue weighted by atomic mass is 10.2. The van der Waals surface area contributed by atoms with Crippen molar-refractivity contribution in [2.75, 3.05) is 38.6 Å². The van der Waals surface area contributed by atoms with Crippen LogP contribution in [0.15, 0.2) is 47.1 Å². The Morgan fingerprint density at radius 2 is 2.04 bits per heavy atom. The number of sulfonamides is 1. The Morgan fingerprint density at radius 3 is 2.71 bits per heavy atom. The van der Waals surface area contributed by atoms with Crippen LogP contribution in [0, 0.1) is 0 Å². The van der Waals surface area contributed by atoms with Crippen LogP contribution in [-0.2, 0) is 14.8 Å². The van der Waals surface area contributed by atoms with Crippen LogP contribution in [0.5, 0.6) is 11.6 Å². The number of ether oxygens (including phenoxy) is 2. The molecule has 0 atom stereocenters. The molecular formula is C18H20BrN3O5S. The zero-order chi connectivity index (χ0) is 20.0. The minimum absolute atomic E-state index is 0.0226. The predicted molar refractivity (Wildman–Crippen MR) is 107 cm³/mol. The van der Waals surface area contributed by atoms with Crippen molar-refractivity contribution in [1.82, 2.24) is 14.6 Å². The Labute approximate surface area is 172 Å². The second kappa shape index (κ2) is 9.46. The molecule has 1 aliphatic rings. The fourth-order valence-corrected chi connectivity index (χ4v) is 4.28. The molecule has 1 N–H and O–H groups in total. The van der Waals surface area contributed by atoms with Gasteiger partial charge in [0.1, 0.15) is 5.75 Å². The van der Waals surface area contributed by atoms with Crippen molar-refractivity contribution in [2.24, 2.45) is 0 Å². The summed E-state index contributed by atoms with van der Waals surface area (Å²) in [5, 5.41) is 2.61. The molecule has 0 aliphatic carbocycles. The van der Waals surface area contributed by atoms with E-state index in [2.05, 4.69) is 26.2 Å². The summed E-state index contributed by atoms with van der Waals surface area (Å²) in [5.74, 6) is 0.423. The minimum Gasteiger partial charge on any atom is -0.439 e. The molecule has 10 heteroatoms. The van der Waals surface area contributed by atoms with Crippen molar-refractivity contribution in [1.29, 1.82) is 0 Å². The van der Waals surface area contributed by atoms with Crippen molar-refractivity contribution in [3.63, 3.8) is 0 Å². The van der Waals surface area contributed by atoms with Crippen LogP contribution in [0.3, 0.4) is 0 Å². The summed E-state index contributed by atoms with van der Waals surface area (Å²) in [4.78, 5) is 16.3. The van der Waals surface area contributed by atoms with E-state index in [1.54, 1.807) is 24.3 Å². The Balaban J connectivity index is 1.50. The molecular weight excluding hydrogens is 450 g/mol. The van der Waals surface area contributed by atoms with Crippen molar-refractivity contribution < 1.29 is 22.7 Å². The maximum atomic E-state index is 12.2. The molecule has 1 saturated heterocycles. The van der Waals surface area contributed by atoms with Crippen LogP contribution in [0.1, 0.15) is 10.4 Å². The number of nitrogens with one attached hydrogen (secondary N) is 1. The summed E-state index contributed by atoms with van der Waals surface area (Å²) in [6.07, 6.45) is 1.39. The van der Waals surface area contributed by atoms with Gasteiger partial charge in [-0.1, -0.05) is 22.0 Å². The fourth-order valence-electron chi connectivity index (χ4n) is 2.58. The highest BCUT2D eigenvalue weighted by Crippen LogP contribution is 2.22. The number of rotatable bonds is 7. The molecule has 1 aromatic carbocycles. The molecule has 2 aromatic rings. The minimum atomic E-state index is -3.41. The molecule has 150 valence electrons. The third kappa shape index (κ3) is 5.74. The summed E-state index contributed by atoms with van der Waals surface area (Å²) in [6.45, 7) is 1.51. The number of hydrogen-bond donors (Lipinski definition) is 1. The number of carbonyl (C=O) groups is 1. The van der Waals surface area contributed by atoms with Crippen LogP contribution >= 0.6 is 15.9 Å². The lowest BCUT2D eigenvalue weighted by molar-refractivity contribution is 0.0730. The largest absolute Gasteiger partial charge is 0.439 e. The average molecular weight is 470 g/mol. The van der Waals surface area contributed by atoms with Crippen LogP contribution < -0.4 is 10.1 Å². The Hall–Kier alpha value is -2.01. The molecule has 8 nitrogen and oxygen atoms in total. The molecule has 0 radical (unpaired) electrons. The highest BCUT2D eigenvalue weighted by Gasteiger charge is 2.24. The Kier molecular flexibility index (Phi) is 7.00. The quantitative estimate of drug-likeness (QED) is 0.665. The maximum absolute atomic E-state index is 12.2. The summed E-state index contributed by atoms with van der Waals surface area (Å²) < 4.78 is 37.5. The molecule has 1 amide bonds. The van der Waals surface area contributed by atoms with E-state index >= 15 is 0 Å². The second-order valence-electron chi connectivity index (χ2n) is 6.03. The molecule has 3 rings (SSSR count). The van der Waals surface area contributed by atoms with Gasteiger partial charge in [-0.3, -0.25) is 4.79 Å². The monoisotopic (exact) mass is 469 g/mol. The van der Waals surface area contributed by atoms with Gasteiger partial charge in [0.05, 0.1) is 24.5 Å². The standard InChI is InChI=1S/C18H20BrN3O5S/c19-15-2-1-3-16(12-15)27-17-5-4-14(13-21-17)18(23)20-6-11-28(24,25)22-7-9-26-10-8-22/h1-5,12-13H,6-11H2,(H,20,23). The van der Waals surface area contributed by atoms with Crippen LogP contribution in [0.25, 0.3) is 0 Å². The number of halogens is 1. The van der Waals surface area contributed by atoms with E-state index < -0.39 is 15.9 Å². The van der Waals surface area contributed by atoms with Gasteiger partial charge in [0.25, 0.3) is 5.91 Å². The zero-order valence-corrected chi connectivity index (χ0v) is 17.4. The van der Waals surface area contributed by atoms with Gasteiger partial charge in [-0.05, 0) is 24.3 Å². The zero-order valence-electron chi connectivity index (χ0n) is 15.0. The molecule has 1 aliphatic heterocycles. The molecule has 0 unspecified atom stereocenters. The van der Waals surface area contributed by atoms with Crippen LogP contribution in [0.4, 0.5) is 0 Å². The predicted octanol–water partition coefficient (Wildman–Crippen LogP) is 2.03. The smallest absolute Gasteiger partial charge is 0.252 e. The van der Waals surface area contributed by atoms with E-state index in [0.717, 1.165) is 4.47 Å². The van der Waals surface area contributed by atoms with E-state index in [1.165, 1.54) is 10.5 Å². The normalized spacial score (nSPS) is 15.2. The third-order valence-corrected chi connectivity index (χ3v) is 6.39. The first-order valence-corrected chi connectivity index (χ1v) is 11.1. The summed E-state index contributed by atoms with van der Waals surface area (Å²) in [5.41, 5.74) is 0.324. The van der Waals surface area contributed by atoms with Gasteiger partial charge in [-0.2, -0.15) is 4.31 Å². The SMILES string of the molecule is O=C(NCCS(=O)(=O)N1CCOCC1)c1ccc(Oc2cccc(Br)c2)nc1. The van der Waals surface area contributed by atoms with Gasteiger partial charge in [-0.15, -0.1) is 0 Å². The fraction of sp³-hybridized carbons (Fsp3) is 0.333. The van der Waals surface area contributed by atoms with Gasteiger partial charge in [0, 0.05) is 36.4 Å². The van der Waals surface area contributed by atoms with Gasteiger partial charge < -0.3 is 14.8 Å². The van der Waals surface area contributed by atoms with E-state index in [1.807, 2.05) is 12.1 Å². The first kappa shape index (κ1) is 20.7. The van der Waals surface area contributed by atoms with Crippen molar-refractivity contribution in [3.8, 4) is 11.6 Å². The van der Waals surface area contributed by atoms with E-state index in [9.17, 15) is 13.2 Å². The number of benzene rings is 1. The lowest BCUT2D eigenvalue weighted by Gasteiger charge is -2.26. The van der Waals surface area contributed by atoms with Gasteiger partial charge in [0.15, 0.2) is 0 Å². The van der Waals surface area contributed by atoms with E-state index in [0.29, 0.717) is 43.5 Å².